The van der Waals surface area contributed by atoms with Crippen molar-refractivity contribution in [3.05, 3.63) is 0 Å². The Kier molecular flexibility index (Phi) is 259. The normalized spacial score (nSPS) is 2.25. The predicted octanol–water partition coefficient (Wildman–Crippen LogP) is 1.26. The molecule has 0 heterocycles. The summed E-state index contributed by atoms with van der Waals surface area (Å²) in [6.45, 7) is 1.93. The maximum Gasteiger partial charge on any atom is 0.0402 e. The van der Waals surface area contributed by atoms with Gasteiger partial charge in [0.05, 0.1) is 0 Å². The first kappa shape index (κ1) is 42.8. The molecule has 8 heavy (non-hydrogen) atoms. The van der Waals surface area contributed by atoms with Crippen molar-refractivity contribution >= 4 is 0 Å². The van der Waals surface area contributed by atoms with E-state index < -0.39 is 0 Å². The molecule has 0 amide bonds. The fourth-order valence-corrected chi connectivity index (χ4v) is 0. The Morgan fingerprint density at radius 1 is 1.00 bits per heavy atom. The molecule has 0 rings (SSSR count). The molecule has 0 aliphatic heterocycles. The molecule has 0 bridgehead atoms. The molecule has 45 valence electrons. The molecule has 0 spiro atoms. The first-order valence-electron chi connectivity index (χ1n) is 1.02. The average molecular weight is 345 g/mol. The summed E-state index contributed by atoms with van der Waals surface area (Å²) in [5, 5.41) is 7.57. The van der Waals surface area contributed by atoms with Gasteiger partial charge in [-0.2, -0.15) is 0 Å². The van der Waals surface area contributed by atoms with Crippen LogP contribution in [0.2, 0.25) is 0 Å². The Hall–Kier alpha value is 3.27. The van der Waals surface area contributed by atoms with Crippen LogP contribution in [0.5, 0.6) is 0 Å². The molecule has 0 aliphatic rings. The second-order valence-corrected chi connectivity index (χ2v) is 0.316. The van der Waals surface area contributed by atoms with Crippen molar-refractivity contribution < 1.29 is 103 Å². The Bertz CT molecular complexity index is 11.2. The summed E-state index contributed by atoms with van der Waals surface area (Å²) in [5.41, 5.74) is 0. The molecule has 0 unspecified atom stereocenters. The van der Waals surface area contributed by atoms with Crippen molar-refractivity contribution in [1.29, 1.82) is 0 Å². The quantitative estimate of drug-likeness (QED) is 0.701. The molecule has 1 N–H and O–H groups in total. The SMILES string of the molecule is C.C.CCO.[Y].[Y].[Y]. The van der Waals surface area contributed by atoms with Gasteiger partial charge in [0.2, 0.25) is 0 Å². The number of hydrogen-bond acceptors (Lipinski definition) is 1. The van der Waals surface area contributed by atoms with Crippen molar-refractivity contribution in [2.24, 2.45) is 0 Å². The fourth-order valence-electron chi connectivity index (χ4n) is 0. The summed E-state index contributed by atoms with van der Waals surface area (Å²) in [6, 6.07) is 0. The molecule has 4 heteroatoms. The van der Waals surface area contributed by atoms with Crippen LogP contribution in [-0.2, 0) is 98.1 Å². The first-order valence-corrected chi connectivity index (χ1v) is 1.02. The van der Waals surface area contributed by atoms with Crippen LogP contribution in [0.3, 0.4) is 0 Å². The van der Waals surface area contributed by atoms with E-state index in [1.165, 1.54) is 0 Å². The van der Waals surface area contributed by atoms with Crippen molar-refractivity contribution in [2.75, 3.05) is 6.61 Å². The van der Waals surface area contributed by atoms with Crippen LogP contribution in [0.25, 0.3) is 0 Å². The van der Waals surface area contributed by atoms with Gasteiger partial charge in [-0.25, -0.2) is 0 Å². The molecule has 0 aromatic heterocycles. The van der Waals surface area contributed by atoms with Gasteiger partial charge in [-0.3, -0.25) is 0 Å². The van der Waals surface area contributed by atoms with Gasteiger partial charge in [0.15, 0.2) is 0 Å². The molecule has 3 radical (unpaired) electrons. The van der Waals surface area contributed by atoms with Gasteiger partial charge in [0.1, 0.15) is 0 Å². The minimum atomic E-state index is 0. The third-order valence-electron chi connectivity index (χ3n) is 0. The number of aliphatic hydroxyl groups excluding tert-OH is 1. The second kappa shape index (κ2) is 48.4. The van der Waals surface area contributed by atoms with E-state index in [1.807, 2.05) is 0 Å². The summed E-state index contributed by atoms with van der Waals surface area (Å²) >= 11 is 0. The Balaban J connectivity index is -0.00000000200. The van der Waals surface area contributed by atoms with Crippen molar-refractivity contribution in [3.8, 4) is 0 Å². The monoisotopic (exact) mass is 345 g/mol. The van der Waals surface area contributed by atoms with Gasteiger partial charge >= 0.3 is 0 Å². The van der Waals surface area contributed by atoms with E-state index in [0.717, 1.165) is 0 Å². The van der Waals surface area contributed by atoms with Crippen LogP contribution < -0.4 is 0 Å². The zero-order valence-corrected chi connectivity index (χ0v) is 12.4. The minimum absolute atomic E-state index is 0. The van der Waals surface area contributed by atoms with E-state index in [0.29, 0.717) is 0 Å². The van der Waals surface area contributed by atoms with Gasteiger partial charge < -0.3 is 5.11 Å². The summed E-state index contributed by atoms with van der Waals surface area (Å²) < 4.78 is 0. The van der Waals surface area contributed by atoms with Crippen molar-refractivity contribution in [1.82, 2.24) is 0 Å². The number of hydrogen-bond donors (Lipinski definition) is 1. The molecule has 0 aliphatic carbocycles. The summed E-state index contributed by atoms with van der Waals surface area (Å²) in [5.74, 6) is 0. The minimum Gasteiger partial charge on any atom is -0.397 e. The van der Waals surface area contributed by atoms with Gasteiger partial charge in [-0.15, -0.1) is 0 Å². The van der Waals surface area contributed by atoms with E-state index in [4.69, 9.17) is 5.11 Å². The first-order chi connectivity index (χ1) is 1.41. The maximum atomic E-state index is 7.57. The molecular formula is C4H14OY3. The van der Waals surface area contributed by atoms with Gasteiger partial charge in [0, 0.05) is 105 Å². The predicted molar refractivity (Wildman–Crippen MR) is 26.2 cm³/mol. The number of aliphatic hydroxyl groups is 1. The van der Waals surface area contributed by atoms with Crippen LogP contribution in [-0.4, -0.2) is 11.7 Å². The maximum absolute atomic E-state index is 7.57. The average Bonchev–Trinajstić information content (AvgIpc) is 0.918. The molecule has 1 nitrogen and oxygen atoms in total. The van der Waals surface area contributed by atoms with Crippen LogP contribution in [0, 0.1) is 0 Å². The van der Waals surface area contributed by atoms with Crippen molar-refractivity contribution in [2.45, 2.75) is 21.8 Å². The van der Waals surface area contributed by atoms with Crippen LogP contribution in [0.4, 0.5) is 0 Å². The van der Waals surface area contributed by atoms with Gasteiger partial charge in [0.25, 0.3) is 0 Å². The van der Waals surface area contributed by atoms with E-state index in [2.05, 4.69) is 0 Å². The molecule has 0 aromatic carbocycles. The van der Waals surface area contributed by atoms with Gasteiger partial charge in [-0.05, 0) is 6.92 Å². The van der Waals surface area contributed by atoms with Crippen LogP contribution in [0.1, 0.15) is 21.8 Å². The molecule has 0 aromatic rings. The topological polar surface area (TPSA) is 20.2 Å². The Morgan fingerprint density at radius 3 is 1.00 bits per heavy atom. The zero-order chi connectivity index (χ0) is 2.71. The molecule has 0 saturated carbocycles. The van der Waals surface area contributed by atoms with Crippen molar-refractivity contribution in [3.63, 3.8) is 0 Å². The largest absolute Gasteiger partial charge is 0.397 e. The fraction of sp³-hybridized carbons (Fsp3) is 1.00. The molecule has 0 atom stereocenters. The summed E-state index contributed by atoms with van der Waals surface area (Å²) in [7, 11) is 0. The van der Waals surface area contributed by atoms with E-state index in [9.17, 15) is 0 Å². The van der Waals surface area contributed by atoms with Crippen LogP contribution in [0.15, 0.2) is 0 Å². The van der Waals surface area contributed by atoms with Gasteiger partial charge in [-0.1, -0.05) is 14.9 Å². The zero-order valence-electron chi connectivity index (χ0n) is 3.89. The third kappa shape index (κ3) is 59.3. The smallest absolute Gasteiger partial charge is 0.0402 e. The summed E-state index contributed by atoms with van der Waals surface area (Å²) in [6.07, 6.45) is 0. The molecule has 0 fully saturated rings. The third-order valence-corrected chi connectivity index (χ3v) is 0. The summed E-state index contributed by atoms with van der Waals surface area (Å²) in [4.78, 5) is 0. The van der Waals surface area contributed by atoms with E-state index in [1.54, 1.807) is 6.92 Å². The number of rotatable bonds is 0. The molecule has 0 saturated heterocycles. The van der Waals surface area contributed by atoms with E-state index >= 15 is 0 Å². The Labute approximate surface area is 129 Å². The molecular weight excluding hydrogens is 331 g/mol. The van der Waals surface area contributed by atoms with E-state index in [-0.39, 0.29) is 120 Å². The standard InChI is InChI=1S/C2H6O.2CH4.3Y/c1-2-3;;;;;/h3H,2H2,1H3;2*1H4;;;. The van der Waals surface area contributed by atoms with Crippen LogP contribution >= 0.6 is 0 Å². The second-order valence-electron chi connectivity index (χ2n) is 0.316. The Morgan fingerprint density at radius 2 is 1.00 bits per heavy atom.